The van der Waals surface area contributed by atoms with Gasteiger partial charge in [0.25, 0.3) is 0 Å². The number of hydrogen-bond donors (Lipinski definition) is 2. The van der Waals surface area contributed by atoms with Crippen molar-refractivity contribution in [2.45, 2.75) is 0 Å². The number of rotatable bonds is 2. The van der Waals surface area contributed by atoms with E-state index in [1.165, 1.54) is 0 Å². The van der Waals surface area contributed by atoms with E-state index in [0.29, 0.717) is 15.7 Å². The minimum Gasteiger partial charge on any atom is -0.399 e. The third kappa shape index (κ3) is 2.50. The molecular weight excluding hydrogens is 293 g/mol. The van der Waals surface area contributed by atoms with E-state index in [1.807, 2.05) is 24.3 Å². The van der Waals surface area contributed by atoms with E-state index in [1.54, 1.807) is 24.4 Å². The molecule has 3 aromatic rings. The van der Waals surface area contributed by atoms with Crippen LogP contribution in [0.4, 0.5) is 17.1 Å². The number of nitrogens with one attached hydrogen (secondary N) is 1. The van der Waals surface area contributed by atoms with Gasteiger partial charge in [-0.3, -0.25) is 4.98 Å². The van der Waals surface area contributed by atoms with Gasteiger partial charge in [-0.05, 0) is 42.5 Å². The van der Waals surface area contributed by atoms with Crippen LogP contribution in [0.15, 0.2) is 48.7 Å². The SMILES string of the molecule is Nc1ccc(Cl)c(Nc2ccnc3cc(Cl)ccc23)c1. The molecule has 0 fully saturated rings. The lowest BCUT2D eigenvalue weighted by atomic mass is 10.2. The molecule has 0 saturated carbocycles. The van der Waals surface area contributed by atoms with Gasteiger partial charge in [0, 0.05) is 28.0 Å². The molecular formula is C15H11Cl2N3. The number of nitrogen functional groups attached to an aromatic ring is 1. The summed E-state index contributed by atoms with van der Waals surface area (Å²) in [6.45, 7) is 0. The highest BCUT2D eigenvalue weighted by atomic mass is 35.5. The van der Waals surface area contributed by atoms with Gasteiger partial charge >= 0.3 is 0 Å². The van der Waals surface area contributed by atoms with Crippen LogP contribution in [0, 0.1) is 0 Å². The highest BCUT2D eigenvalue weighted by molar-refractivity contribution is 6.33. The van der Waals surface area contributed by atoms with Crippen LogP contribution in [0.3, 0.4) is 0 Å². The number of aromatic nitrogens is 1. The molecule has 0 saturated heterocycles. The first kappa shape index (κ1) is 13.0. The Morgan fingerprint density at radius 2 is 1.80 bits per heavy atom. The molecule has 0 aliphatic carbocycles. The van der Waals surface area contributed by atoms with Crippen LogP contribution >= 0.6 is 23.2 Å². The Kier molecular flexibility index (Phi) is 3.38. The molecule has 5 heteroatoms. The number of nitrogens with zero attached hydrogens (tertiary/aromatic N) is 1. The van der Waals surface area contributed by atoms with Gasteiger partial charge < -0.3 is 11.1 Å². The Labute approximate surface area is 126 Å². The number of fused-ring (bicyclic) bond motifs is 1. The smallest absolute Gasteiger partial charge is 0.0737 e. The van der Waals surface area contributed by atoms with Gasteiger partial charge in [-0.2, -0.15) is 0 Å². The number of nitrogens with two attached hydrogens (primary N) is 1. The number of pyridine rings is 1. The van der Waals surface area contributed by atoms with Crippen LogP contribution in [0.2, 0.25) is 10.0 Å². The Balaban J connectivity index is 2.09. The molecule has 3 N–H and O–H groups in total. The van der Waals surface area contributed by atoms with Crippen LogP contribution in [-0.2, 0) is 0 Å². The highest BCUT2D eigenvalue weighted by Crippen LogP contribution is 2.31. The molecule has 0 unspecified atom stereocenters. The second kappa shape index (κ2) is 5.19. The van der Waals surface area contributed by atoms with E-state index in [-0.39, 0.29) is 0 Å². The third-order valence-corrected chi connectivity index (χ3v) is 3.53. The molecule has 0 aliphatic heterocycles. The zero-order chi connectivity index (χ0) is 14.1. The maximum absolute atomic E-state index is 6.17. The molecule has 100 valence electrons. The van der Waals surface area contributed by atoms with Crippen LogP contribution in [0.5, 0.6) is 0 Å². The standard InChI is InChI=1S/C15H11Cl2N3/c16-9-1-3-11-13(5-6-19-14(11)7-9)20-15-8-10(18)2-4-12(15)17/h1-8H,18H2,(H,19,20). The van der Waals surface area contributed by atoms with Gasteiger partial charge in [0.2, 0.25) is 0 Å². The first-order valence-corrected chi connectivity index (χ1v) is 6.75. The summed E-state index contributed by atoms with van der Waals surface area (Å²) in [5.41, 5.74) is 8.92. The third-order valence-electron chi connectivity index (χ3n) is 2.96. The second-order valence-electron chi connectivity index (χ2n) is 4.38. The molecule has 1 aromatic heterocycles. The minimum atomic E-state index is 0.609. The van der Waals surface area contributed by atoms with E-state index in [0.717, 1.165) is 22.3 Å². The summed E-state index contributed by atoms with van der Waals surface area (Å²) < 4.78 is 0. The van der Waals surface area contributed by atoms with Gasteiger partial charge in [-0.15, -0.1) is 0 Å². The van der Waals surface area contributed by atoms with Gasteiger partial charge in [0.15, 0.2) is 0 Å². The average Bonchev–Trinajstić information content (AvgIpc) is 2.43. The van der Waals surface area contributed by atoms with Crippen molar-refractivity contribution >= 4 is 51.2 Å². The summed E-state index contributed by atoms with van der Waals surface area (Å²) in [6, 6.07) is 12.8. The minimum absolute atomic E-state index is 0.609. The zero-order valence-electron chi connectivity index (χ0n) is 10.4. The van der Waals surface area contributed by atoms with Crippen LogP contribution < -0.4 is 11.1 Å². The fourth-order valence-corrected chi connectivity index (χ4v) is 2.35. The Bertz CT molecular complexity index is 787. The topological polar surface area (TPSA) is 50.9 Å². The summed E-state index contributed by atoms with van der Waals surface area (Å²) in [7, 11) is 0. The fourth-order valence-electron chi connectivity index (χ4n) is 2.01. The predicted octanol–water partition coefficient (Wildman–Crippen LogP) is 4.87. The Hall–Kier alpha value is -1.97. The van der Waals surface area contributed by atoms with Crippen LogP contribution in [-0.4, -0.2) is 4.98 Å². The lowest BCUT2D eigenvalue weighted by Gasteiger charge is -2.11. The molecule has 3 rings (SSSR count). The van der Waals surface area contributed by atoms with Crippen molar-refractivity contribution in [1.29, 1.82) is 0 Å². The molecule has 0 spiro atoms. The Morgan fingerprint density at radius 1 is 0.950 bits per heavy atom. The average molecular weight is 304 g/mol. The summed E-state index contributed by atoms with van der Waals surface area (Å²) in [5.74, 6) is 0. The maximum atomic E-state index is 6.17. The fraction of sp³-hybridized carbons (Fsp3) is 0. The molecule has 0 atom stereocenters. The summed E-state index contributed by atoms with van der Waals surface area (Å²) in [5, 5.41) is 5.51. The number of halogens is 2. The van der Waals surface area contributed by atoms with Gasteiger partial charge in [-0.1, -0.05) is 23.2 Å². The first-order chi connectivity index (χ1) is 9.63. The molecule has 0 bridgehead atoms. The van der Waals surface area contributed by atoms with Crippen molar-refractivity contribution in [3.63, 3.8) is 0 Å². The van der Waals surface area contributed by atoms with Gasteiger partial charge in [0.05, 0.1) is 16.2 Å². The monoisotopic (exact) mass is 303 g/mol. The molecule has 20 heavy (non-hydrogen) atoms. The van der Waals surface area contributed by atoms with E-state index < -0.39 is 0 Å². The number of hydrogen-bond acceptors (Lipinski definition) is 3. The van der Waals surface area contributed by atoms with Crippen molar-refractivity contribution in [3.05, 3.63) is 58.7 Å². The van der Waals surface area contributed by atoms with E-state index in [2.05, 4.69) is 10.3 Å². The van der Waals surface area contributed by atoms with Crippen molar-refractivity contribution in [3.8, 4) is 0 Å². The first-order valence-electron chi connectivity index (χ1n) is 6.00. The normalized spacial score (nSPS) is 10.7. The van der Waals surface area contributed by atoms with Crippen LogP contribution in [0.25, 0.3) is 10.9 Å². The number of anilines is 3. The second-order valence-corrected chi connectivity index (χ2v) is 5.23. The molecule has 0 amide bonds. The van der Waals surface area contributed by atoms with Crippen LogP contribution in [0.1, 0.15) is 0 Å². The van der Waals surface area contributed by atoms with Crippen molar-refractivity contribution in [2.75, 3.05) is 11.1 Å². The number of benzene rings is 2. The molecule has 1 heterocycles. The van der Waals surface area contributed by atoms with Gasteiger partial charge in [-0.25, -0.2) is 0 Å². The lowest BCUT2D eigenvalue weighted by molar-refractivity contribution is 1.40. The molecule has 0 radical (unpaired) electrons. The summed E-state index contributed by atoms with van der Waals surface area (Å²) >= 11 is 12.1. The molecule has 3 nitrogen and oxygen atoms in total. The largest absolute Gasteiger partial charge is 0.399 e. The van der Waals surface area contributed by atoms with Crippen molar-refractivity contribution in [2.24, 2.45) is 0 Å². The quantitative estimate of drug-likeness (QED) is 0.664. The predicted molar refractivity (Wildman–Crippen MR) is 85.9 cm³/mol. The maximum Gasteiger partial charge on any atom is 0.0737 e. The molecule has 0 aliphatic rings. The summed E-state index contributed by atoms with van der Waals surface area (Å²) in [4.78, 5) is 4.30. The van der Waals surface area contributed by atoms with E-state index in [4.69, 9.17) is 28.9 Å². The lowest BCUT2D eigenvalue weighted by Crippen LogP contribution is -1.95. The van der Waals surface area contributed by atoms with Crippen molar-refractivity contribution in [1.82, 2.24) is 4.98 Å². The summed E-state index contributed by atoms with van der Waals surface area (Å²) in [6.07, 6.45) is 1.72. The Morgan fingerprint density at radius 3 is 2.65 bits per heavy atom. The zero-order valence-corrected chi connectivity index (χ0v) is 11.9. The van der Waals surface area contributed by atoms with E-state index in [9.17, 15) is 0 Å². The highest BCUT2D eigenvalue weighted by Gasteiger charge is 2.06. The van der Waals surface area contributed by atoms with E-state index >= 15 is 0 Å². The molecule has 2 aromatic carbocycles. The van der Waals surface area contributed by atoms with Gasteiger partial charge in [0.1, 0.15) is 0 Å². The van der Waals surface area contributed by atoms with Crippen molar-refractivity contribution < 1.29 is 0 Å².